The minimum atomic E-state index is -0.845. The molecule has 0 spiro atoms. The molecular weight excluding hydrogens is 662 g/mol. The van der Waals surface area contributed by atoms with Gasteiger partial charge in [-0.2, -0.15) is 0 Å². The van der Waals surface area contributed by atoms with Crippen LogP contribution in [0.5, 0.6) is 11.5 Å². The SMILES string of the molecule is COc1c(Cl)cccc1SNC(=O)C1=C(NCc2ccncc2OC[C@H]2CCN2C(=O)OC(C)(C)C)CCN(C(=O)OC(C)(C)C)C1=O. The number of hydrogen-bond donors (Lipinski definition) is 2. The van der Waals surface area contributed by atoms with E-state index < -0.39 is 29.1 Å². The lowest BCUT2D eigenvalue weighted by Crippen LogP contribution is -2.55. The Balaban J connectivity index is 1.51. The van der Waals surface area contributed by atoms with E-state index in [-0.39, 0.29) is 43.8 Å². The number of likely N-dealkylation sites (tertiary alicyclic amines) is 1. The van der Waals surface area contributed by atoms with Crippen LogP contribution < -0.4 is 19.5 Å². The topological polar surface area (TPSA) is 149 Å². The third kappa shape index (κ3) is 9.47. The number of carbonyl (C=O) groups excluding carboxylic acids is 4. The fraction of sp³-hybridized carbons (Fsp3) is 0.485. The van der Waals surface area contributed by atoms with Gasteiger partial charge < -0.3 is 29.2 Å². The molecular formula is C33H42ClN5O8S. The van der Waals surface area contributed by atoms with E-state index in [9.17, 15) is 19.2 Å². The summed E-state index contributed by atoms with van der Waals surface area (Å²) in [5, 5.41) is 3.57. The Bertz CT molecular complexity index is 1570. The summed E-state index contributed by atoms with van der Waals surface area (Å²) in [4.78, 5) is 60.0. The number of rotatable bonds is 10. The Hall–Kier alpha value is -4.17. The number of benzene rings is 1. The zero-order chi connectivity index (χ0) is 35.2. The summed E-state index contributed by atoms with van der Waals surface area (Å²) >= 11 is 7.16. The van der Waals surface area contributed by atoms with Crippen LogP contribution in [0.1, 0.15) is 59.9 Å². The minimum absolute atomic E-state index is 0.00397. The van der Waals surface area contributed by atoms with Gasteiger partial charge >= 0.3 is 12.2 Å². The number of hydrogen-bond acceptors (Lipinski definition) is 11. The Kier molecular flexibility index (Phi) is 11.7. The van der Waals surface area contributed by atoms with Crippen molar-refractivity contribution in [3.8, 4) is 11.5 Å². The van der Waals surface area contributed by atoms with Crippen LogP contribution in [0, 0.1) is 0 Å². The van der Waals surface area contributed by atoms with E-state index in [1.165, 1.54) is 7.11 Å². The summed E-state index contributed by atoms with van der Waals surface area (Å²) in [5.74, 6) is -0.675. The van der Waals surface area contributed by atoms with Crippen molar-refractivity contribution in [3.05, 3.63) is 58.5 Å². The fourth-order valence-corrected chi connectivity index (χ4v) is 5.83. The van der Waals surface area contributed by atoms with Crippen molar-refractivity contribution < 1.29 is 38.1 Å². The molecule has 2 aliphatic heterocycles. The highest BCUT2D eigenvalue weighted by molar-refractivity contribution is 7.98. The molecule has 2 aromatic rings. The smallest absolute Gasteiger partial charge is 0.417 e. The third-order valence-electron chi connectivity index (χ3n) is 7.14. The number of para-hydroxylation sites is 1. The summed E-state index contributed by atoms with van der Waals surface area (Å²) in [6.07, 6.45) is 2.89. The van der Waals surface area contributed by atoms with Crippen molar-refractivity contribution in [1.82, 2.24) is 24.8 Å². The molecule has 0 saturated carbocycles. The first-order chi connectivity index (χ1) is 22.6. The van der Waals surface area contributed by atoms with E-state index in [4.69, 9.17) is 30.5 Å². The molecule has 1 fully saturated rings. The molecule has 260 valence electrons. The van der Waals surface area contributed by atoms with Crippen LogP contribution in [0.2, 0.25) is 5.02 Å². The number of methoxy groups -OCH3 is 1. The molecule has 4 rings (SSSR count). The molecule has 13 nitrogen and oxygen atoms in total. The molecule has 15 heteroatoms. The first-order valence-electron chi connectivity index (χ1n) is 15.4. The molecule has 1 saturated heterocycles. The van der Waals surface area contributed by atoms with Crippen molar-refractivity contribution >= 4 is 47.5 Å². The number of amides is 4. The number of halogens is 1. The number of carbonyl (C=O) groups is 4. The van der Waals surface area contributed by atoms with Crippen LogP contribution >= 0.6 is 23.5 Å². The Labute approximate surface area is 289 Å². The van der Waals surface area contributed by atoms with Gasteiger partial charge in [-0.1, -0.05) is 17.7 Å². The average molecular weight is 704 g/mol. The van der Waals surface area contributed by atoms with E-state index in [1.54, 1.807) is 62.3 Å². The van der Waals surface area contributed by atoms with Gasteiger partial charge in [0.25, 0.3) is 11.8 Å². The normalized spacial score (nSPS) is 16.6. The number of ether oxygens (including phenoxy) is 4. The fourth-order valence-electron chi connectivity index (χ4n) is 4.78. The zero-order valence-electron chi connectivity index (χ0n) is 28.2. The molecule has 0 bridgehead atoms. The van der Waals surface area contributed by atoms with Crippen LogP contribution in [0.3, 0.4) is 0 Å². The summed E-state index contributed by atoms with van der Waals surface area (Å²) in [6.45, 7) is 11.5. The molecule has 0 aliphatic carbocycles. The zero-order valence-corrected chi connectivity index (χ0v) is 29.8. The summed E-state index contributed by atoms with van der Waals surface area (Å²) in [7, 11) is 1.46. The number of pyridine rings is 1. The van der Waals surface area contributed by atoms with Crippen molar-refractivity contribution in [2.24, 2.45) is 0 Å². The van der Waals surface area contributed by atoms with Gasteiger partial charge in [-0.25, -0.2) is 14.5 Å². The Morgan fingerprint density at radius 1 is 1.04 bits per heavy atom. The van der Waals surface area contributed by atoms with Crippen molar-refractivity contribution in [2.45, 2.75) is 83.1 Å². The first-order valence-corrected chi connectivity index (χ1v) is 16.6. The molecule has 0 unspecified atom stereocenters. The quantitative estimate of drug-likeness (QED) is 0.240. The van der Waals surface area contributed by atoms with Gasteiger partial charge in [-0.15, -0.1) is 0 Å². The molecule has 1 aromatic carbocycles. The molecule has 4 amide bonds. The van der Waals surface area contributed by atoms with Crippen LogP contribution in [-0.2, 0) is 25.6 Å². The predicted octanol–water partition coefficient (Wildman–Crippen LogP) is 5.47. The maximum atomic E-state index is 13.7. The first kappa shape index (κ1) is 36.7. The molecule has 1 aromatic heterocycles. The predicted molar refractivity (Wildman–Crippen MR) is 180 cm³/mol. The second kappa shape index (κ2) is 15.4. The molecule has 2 N–H and O–H groups in total. The number of imide groups is 1. The lowest BCUT2D eigenvalue weighted by Gasteiger charge is -2.41. The number of nitrogens with zero attached hydrogens (tertiary/aromatic N) is 3. The summed E-state index contributed by atoms with van der Waals surface area (Å²) in [6, 6.07) is 6.68. The van der Waals surface area contributed by atoms with Gasteiger partial charge in [0.05, 0.1) is 29.3 Å². The van der Waals surface area contributed by atoms with Crippen LogP contribution in [0.15, 0.2) is 52.8 Å². The lowest BCUT2D eigenvalue weighted by atomic mass is 10.0. The molecule has 3 heterocycles. The third-order valence-corrected chi connectivity index (χ3v) is 8.27. The van der Waals surface area contributed by atoms with E-state index in [2.05, 4.69) is 15.0 Å². The van der Waals surface area contributed by atoms with Gasteiger partial charge in [0.2, 0.25) is 0 Å². The van der Waals surface area contributed by atoms with Crippen molar-refractivity contribution in [3.63, 3.8) is 0 Å². The van der Waals surface area contributed by atoms with E-state index in [0.29, 0.717) is 39.2 Å². The summed E-state index contributed by atoms with van der Waals surface area (Å²) < 4.78 is 25.1. The van der Waals surface area contributed by atoms with Gasteiger partial charge in [-0.05, 0) is 78.1 Å². The van der Waals surface area contributed by atoms with Gasteiger partial charge in [0.1, 0.15) is 29.1 Å². The van der Waals surface area contributed by atoms with Crippen LogP contribution in [-0.4, -0.2) is 82.8 Å². The molecule has 2 aliphatic rings. The van der Waals surface area contributed by atoms with Crippen LogP contribution in [0.25, 0.3) is 0 Å². The van der Waals surface area contributed by atoms with Gasteiger partial charge in [-0.3, -0.25) is 19.3 Å². The summed E-state index contributed by atoms with van der Waals surface area (Å²) in [5.41, 5.74) is -0.633. The Morgan fingerprint density at radius 2 is 1.75 bits per heavy atom. The minimum Gasteiger partial charge on any atom is -0.494 e. The standard InChI is InChI=1S/C33H42ClN5O8S/c1-32(2,3)46-30(42)38-15-12-21(38)19-45-24-18-35-14-11-20(24)17-36-23-13-16-39(31(43)47-33(4,5)6)29(41)26(23)28(40)37-48-25-10-8-9-22(34)27(25)44-7/h8-11,14,18,21,36H,12-13,15-17,19H2,1-7H3,(H,37,40)/t21-/m1/s1. The maximum Gasteiger partial charge on any atom is 0.417 e. The number of aromatic nitrogens is 1. The monoisotopic (exact) mass is 703 g/mol. The van der Waals surface area contributed by atoms with Crippen LogP contribution in [0.4, 0.5) is 9.59 Å². The van der Waals surface area contributed by atoms with Crippen molar-refractivity contribution in [1.29, 1.82) is 0 Å². The van der Waals surface area contributed by atoms with Crippen molar-refractivity contribution in [2.75, 3.05) is 26.8 Å². The lowest BCUT2D eigenvalue weighted by molar-refractivity contribution is -0.130. The molecule has 1 atom stereocenters. The molecule has 0 radical (unpaired) electrons. The molecule has 48 heavy (non-hydrogen) atoms. The largest absolute Gasteiger partial charge is 0.494 e. The Morgan fingerprint density at radius 3 is 2.40 bits per heavy atom. The van der Waals surface area contributed by atoms with E-state index in [0.717, 1.165) is 23.3 Å². The van der Waals surface area contributed by atoms with E-state index >= 15 is 0 Å². The van der Waals surface area contributed by atoms with Gasteiger partial charge in [0.15, 0.2) is 5.75 Å². The second-order valence-electron chi connectivity index (χ2n) is 13.1. The van der Waals surface area contributed by atoms with Gasteiger partial charge in [0, 0.05) is 43.5 Å². The highest BCUT2D eigenvalue weighted by Crippen LogP contribution is 2.34. The second-order valence-corrected chi connectivity index (χ2v) is 14.4. The maximum absolute atomic E-state index is 13.7. The number of nitrogens with one attached hydrogen (secondary N) is 2. The highest BCUT2D eigenvalue weighted by Gasteiger charge is 2.38. The average Bonchev–Trinajstić information content (AvgIpc) is 2.97. The highest BCUT2D eigenvalue weighted by atomic mass is 35.5. The van der Waals surface area contributed by atoms with E-state index in [1.807, 2.05) is 20.8 Å².